The summed E-state index contributed by atoms with van der Waals surface area (Å²) in [5, 5.41) is 2.43. The van der Waals surface area contributed by atoms with E-state index in [-0.39, 0.29) is 25.5 Å². The van der Waals surface area contributed by atoms with Crippen LogP contribution in [-0.4, -0.2) is 85.5 Å². The molecule has 27 heavy (non-hydrogen) atoms. The molecule has 1 saturated heterocycles. The number of piperazine rings is 1. The van der Waals surface area contributed by atoms with E-state index in [2.05, 4.69) is 15.0 Å². The van der Waals surface area contributed by atoms with Gasteiger partial charge in [0.05, 0.1) is 18.9 Å². The largest absolute Gasteiger partial charge is 0.467 e. The van der Waals surface area contributed by atoms with E-state index in [1.54, 1.807) is 12.1 Å². The van der Waals surface area contributed by atoms with Gasteiger partial charge in [0, 0.05) is 32.0 Å². The molecule has 0 bridgehead atoms. The first-order chi connectivity index (χ1) is 12.6. The predicted molar refractivity (Wildman–Crippen MR) is 95.1 cm³/mol. The third-order valence-electron chi connectivity index (χ3n) is 4.17. The second kappa shape index (κ2) is 8.44. The Bertz CT molecular complexity index is 813. The zero-order chi connectivity index (χ0) is 20.2. The smallest absolute Gasteiger partial charge is 0.328 e. The molecule has 1 aliphatic heterocycles. The molecule has 1 aromatic rings. The molecule has 0 radical (unpaired) electrons. The molecule has 11 heteroatoms. The number of rotatable bonds is 5. The second-order valence-electron chi connectivity index (χ2n) is 6.14. The molecule has 10 nitrogen and oxygen atoms in total. The highest BCUT2D eigenvalue weighted by Crippen LogP contribution is 2.16. The number of methoxy groups -OCH3 is 1. The minimum atomic E-state index is -3.69. The fourth-order valence-corrected chi connectivity index (χ4v) is 3.82. The van der Waals surface area contributed by atoms with Crippen molar-refractivity contribution in [1.29, 1.82) is 0 Å². The van der Waals surface area contributed by atoms with Crippen LogP contribution in [0.15, 0.2) is 24.5 Å². The van der Waals surface area contributed by atoms with Gasteiger partial charge in [-0.3, -0.25) is 14.6 Å². The minimum Gasteiger partial charge on any atom is -0.467 e. The highest BCUT2D eigenvalue weighted by molar-refractivity contribution is 7.88. The average Bonchev–Trinajstić information content (AvgIpc) is 2.66. The molecular formula is C16H22N4O6S. The van der Waals surface area contributed by atoms with Crippen LogP contribution in [0.4, 0.5) is 0 Å². The highest BCUT2D eigenvalue weighted by Gasteiger charge is 2.39. The topological polar surface area (TPSA) is 126 Å². The van der Waals surface area contributed by atoms with Crippen molar-refractivity contribution in [2.45, 2.75) is 19.0 Å². The Labute approximate surface area is 157 Å². The zero-order valence-corrected chi connectivity index (χ0v) is 16.1. The summed E-state index contributed by atoms with van der Waals surface area (Å²) in [5.41, 5.74) is 0.340. The quantitative estimate of drug-likeness (QED) is 0.620. The minimum absolute atomic E-state index is 0.0322. The number of sulfonamides is 1. The number of pyridine rings is 1. The Morgan fingerprint density at radius 3 is 2.59 bits per heavy atom. The lowest BCUT2D eigenvalue weighted by molar-refractivity contribution is -0.145. The molecule has 0 aromatic carbocycles. The van der Waals surface area contributed by atoms with Gasteiger partial charge < -0.3 is 15.0 Å². The van der Waals surface area contributed by atoms with Crippen molar-refractivity contribution in [1.82, 2.24) is 19.5 Å². The first-order valence-corrected chi connectivity index (χ1v) is 10.0. The first kappa shape index (κ1) is 20.8. The Morgan fingerprint density at radius 1 is 1.33 bits per heavy atom. The maximum atomic E-state index is 12.6. The van der Waals surface area contributed by atoms with Gasteiger partial charge in [0.1, 0.15) is 12.1 Å². The normalized spacial score (nSPS) is 19.2. The van der Waals surface area contributed by atoms with E-state index < -0.39 is 34.0 Å². The van der Waals surface area contributed by atoms with E-state index in [4.69, 9.17) is 0 Å². The number of carbonyl (C=O) groups excluding carboxylic acids is 3. The van der Waals surface area contributed by atoms with Crippen LogP contribution in [0.3, 0.4) is 0 Å². The monoisotopic (exact) mass is 398 g/mol. The summed E-state index contributed by atoms with van der Waals surface area (Å²) in [6.07, 6.45) is 3.93. The molecule has 2 amide bonds. The van der Waals surface area contributed by atoms with Gasteiger partial charge in [0.2, 0.25) is 15.9 Å². The van der Waals surface area contributed by atoms with Crippen LogP contribution in [0.5, 0.6) is 0 Å². The molecular weight excluding hydrogens is 376 g/mol. The Morgan fingerprint density at radius 2 is 2.04 bits per heavy atom. The predicted octanol–water partition coefficient (Wildman–Crippen LogP) is -1.15. The molecule has 148 valence electrons. The molecule has 1 aromatic heterocycles. The lowest BCUT2D eigenvalue weighted by Gasteiger charge is -2.39. The number of aromatic nitrogens is 1. The summed E-state index contributed by atoms with van der Waals surface area (Å²) in [7, 11) is -2.51. The van der Waals surface area contributed by atoms with E-state index >= 15 is 0 Å². The molecule has 1 aliphatic rings. The van der Waals surface area contributed by atoms with E-state index in [0.717, 1.165) is 10.6 Å². The number of nitrogens with one attached hydrogen (secondary N) is 1. The maximum absolute atomic E-state index is 12.6. The Kier molecular flexibility index (Phi) is 6.50. The van der Waals surface area contributed by atoms with Gasteiger partial charge in [0.25, 0.3) is 5.91 Å². The standard InChI is InChI=1S/C16H22N4O6S/c1-11(16(23)26-2)18-14(21)13-10-19(7-8-20(13)27(3,24)25)15(22)12-5-4-6-17-9-12/h4-6,9,11,13H,7-8,10H2,1-3H3,(H,18,21)/t11-,13+/m1/s1. The van der Waals surface area contributed by atoms with Gasteiger partial charge in [0.15, 0.2) is 0 Å². The molecule has 1 N–H and O–H groups in total. The van der Waals surface area contributed by atoms with Crippen LogP contribution in [-0.2, 0) is 24.3 Å². The summed E-state index contributed by atoms with van der Waals surface area (Å²) in [6, 6.07) is 1.10. The third kappa shape index (κ3) is 5.01. The number of esters is 1. The fourth-order valence-electron chi connectivity index (χ4n) is 2.78. The Balaban J connectivity index is 2.21. The number of carbonyl (C=O) groups is 3. The van der Waals surface area contributed by atoms with Gasteiger partial charge >= 0.3 is 5.97 Å². The summed E-state index contributed by atoms with van der Waals surface area (Å²) in [5.74, 6) is -1.69. The van der Waals surface area contributed by atoms with Gasteiger partial charge in [-0.25, -0.2) is 13.2 Å². The van der Waals surface area contributed by atoms with Crippen molar-refractivity contribution < 1.29 is 27.5 Å². The number of ether oxygens (including phenoxy) is 1. The first-order valence-electron chi connectivity index (χ1n) is 8.19. The van der Waals surface area contributed by atoms with Crippen molar-refractivity contribution in [3.8, 4) is 0 Å². The van der Waals surface area contributed by atoms with Crippen LogP contribution >= 0.6 is 0 Å². The summed E-state index contributed by atoms with van der Waals surface area (Å²) >= 11 is 0. The average molecular weight is 398 g/mol. The molecule has 2 heterocycles. The van der Waals surface area contributed by atoms with Crippen molar-refractivity contribution in [2.24, 2.45) is 0 Å². The summed E-state index contributed by atoms with van der Waals surface area (Å²) in [6.45, 7) is 1.39. The van der Waals surface area contributed by atoms with Gasteiger partial charge in [-0.2, -0.15) is 4.31 Å². The zero-order valence-electron chi connectivity index (χ0n) is 15.3. The number of amides is 2. The van der Waals surface area contributed by atoms with Gasteiger partial charge in [-0.1, -0.05) is 0 Å². The van der Waals surface area contributed by atoms with Crippen LogP contribution in [0, 0.1) is 0 Å². The fraction of sp³-hybridized carbons (Fsp3) is 0.500. The summed E-state index contributed by atoms with van der Waals surface area (Å²) < 4.78 is 29.7. The van der Waals surface area contributed by atoms with Crippen LogP contribution < -0.4 is 5.32 Å². The van der Waals surface area contributed by atoms with E-state index in [9.17, 15) is 22.8 Å². The van der Waals surface area contributed by atoms with Crippen molar-refractivity contribution in [2.75, 3.05) is 33.0 Å². The van der Waals surface area contributed by atoms with Gasteiger partial charge in [-0.15, -0.1) is 0 Å². The van der Waals surface area contributed by atoms with Crippen molar-refractivity contribution >= 4 is 27.8 Å². The van der Waals surface area contributed by atoms with Crippen molar-refractivity contribution in [3.05, 3.63) is 30.1 Å². The van der Waals surface area contributed by atoms with Crippen molar-refractivity contribution in [3.63, 3.8) is 0 Å². The molecule has 0 spiro atoms. The Hall–Kier alpha value is -2.53. The number of nitrogens with zero attached hydrogens (tertiary/aromatic N) is 3. The van der Waals surface area contributed by atoms with Crippen LogP contribution in [0.1, 0.15) is 17.3 Å². The maximum Gasteiger partial charge on any atom is 0.328 e. The SMILES string of the molecule is COC(=O)[C@@H](C)NC(=O)[C@@H]1CN(C(=O)c2cccnc2)CCN1S(C)(=O)=O. The molecule has 0 saturated carbocycles. The molecule has 2 rings (SSSR count). The molecule has 2 atom stereocenters. The molecule has 1 fully saturated rings. The summed E-state index contributed by atoms with van der Waals surface area (Å²) in [4.78, 5) is 42.0. The molecule has 0 aliphatic carbocycles. The van der Waals surface area contributed by atoms with Gasteiger partial charge in [-0.05, 0) is 19.1 Å². The van der Waals surface area contributed by atoms with E-state index in [1.165, 1.54) is 31.3 Å². The number of hydrogen-bond acceptors (Lipinski definition) is 7. The second-order valence-corrected chi connectivity index (χ2v) is 8.07. The number of hydrogen-bond donors (Lipinski definition) is 1. The van der Waals surface area contributed by atoms with Crippen LogP contribution in [0.25, 0.3) is 0 Å². The third-order valence-corrected chi connectivity index (χ3v) is 5.46. The highest BCUT2D eigenvalue weighted by atomic mass is 32.2. The van der Waals surface area contributed by atoms with E-state index in [1.807, 2.05) is 0 Å². The molecule has 0 unspecified atom stereocenters. The van der Waals surface area contributed by atoms with E-state index in [0.29, 0.717) is 5.56 Å². The lowest BCUT2D eigenvalue weighted by Crippen LogP contribution is -2.62. The lowest BCUT2D eigenvalue weighted by atomic mass is 10.1. The van der Waals surface area contributed by atoms with Crippen LogP contribution in [0.2, 0.25) is 0 Å².